The Hall–Kier alpha value is -2.44. The van der Waals surface area contributed by atoms with Crippen molar-refractivity contribution in [2.45, 2.75) is 39.2 Å². The zero-order valence-electron chi connectivity index (χ0n) is 15.1. The van der Waals surface area contributed by atoms with Gasteiger partial charge in [0.15, 0.2) is 0 Å². The summed E-state index contributed by atoms with van der Waals surface area (Å²) in [5.74, 6) is -2.80. The third-order valence-corrected chi connectivity index (χ3v) is 4.82. The monoisotopic (exact) mass is 362 g/mol. The van der Waals surface area contributed by atoms with Gasteiger partial charge in [-0.15, -0.1) is 0 Å². The Labute approximate surface area is 151 Å². The molecule has 2 aromatic rings. The highest BCUT2D eigenvalue weighted by molar-refractivity contribution is 6.02. The van der Waals surface area contributed by atoms with E-state index in [4.69, 9.17) is 11.1 Å². The van der Waals surface area contributed by atoms with E-state index in [1.807, 2.05) is 10.6 Å². The van der Waals surface area contributed by atoms with Crippen LogP contribution in [0.5, 0.6) is 0 Å². The molecule has 2 heterocycles. The van der Waals surface area contributed by atoms with Crippen LogP contribution >= 0.6 is 0 Å². The lowest BCUT2D eigenvalue weighted by Gasteiger charge is -2.18. The van der Waals surface area contributed by atoms with E-state index in [0.29, 0.717) is 23.7 Å². The Morgan fingerprint density at radius 3 is 2.65 bits per heavy atom. The molecule has 0 spiro atoms. The first-order valence-electron chi connectivity index (χ1n) is 8.83. The molecule has 7 heteroatoms. The second kappa shape index (κ2) is 6.70. The van der Waals surface area contributed by atoms with Crippen LogP contribution in [-0.4, -0.2) is 40.2 Å². The number of carbonyl (C=O) groups excluding carboxylic acids is 1. The number of likely N-dealkylation sites (tertiary alicyclic amines) is 1. The highest BCUT2D eigenvalue weighted by atomic mass is 19.3. The molecule has 3 rings (SSSR count). The highest BCUT2D eigenvalue weighted by Crippen LogP contribution is 2.30. The third kappa shape index (κ3) is 3.57. The summed E-state index contributed by atoms with van der Waals surface area (Å²) in [6.45, 7) is 4.32. The van der Waals surface area contributed by atoms with Crippen LogP contribution in [0.1, 0.15) is 42.7 Å². The number of carbonyl (C=O) groups is 1. The summed E-state index contributed by atoms with van der Waals surface area (Å²) in [5.41, 5.74) is 7.38. The number of alkyl halides is 2. The SMILES string of the molecule is CC(C)CCn1c(C(=O)N2CCC(F)(F)C2)cc2ccc(C(=N)N)cc21. The lowest BCUT2D eigenvalue weighted by Crippen LogP contribution is -2.32. The zero-order chi connectivity index (χ0) is 19.1. The summed E-state index contributed by atoms with van der Waals surface area (Å²) < 4.78 is 28.9. The van der Waals surface area contributed by atoms with Gasteiger partial charge in [0.05, 0.1) is 6.54 Å². The number of halogens is 2. The number of hydrogen-bond donors (Lipinski definition) is 2. The maximum absolute atomic E-state index is 13.5. The zero-order valence-corrected chi connectivity index (χ0v) is 15.1. The minimum absolute atomic E-state index is 0.0458. The van der Waals surface area contributed by atoms with Crippen LogP contribution in [0.15, 0.2) is 24.3 Å². The summed E-state index contributed by atoms with van der Waals surface area (Å²) in [5, 5.41) is 8.47. The second-order valence-corrected chi connectivity index (χ2v) is 7.38. The Morgan fingerprint density at radius 2 is 2.08 bits per heavy atom. The summed E-state index contributed by atoms with van der Waals surface area (Å²) in [7, 11) is 0. The number of hydrogen-bond acceptors (Lipinski definition) is 2. The van der Waals surface area contributed by atoms with Gasteiger partial charge in [-0.25, -0.2) is 8.78 Å². The quantitative estimate of drug-likeness (QED) is 0.631. The number of nitrogens with zero attached hydrogens (tertiary/aromatic N) is 2. The van der Waals surface area contributed by atoms with Crippen molar-refractivity contribution >= 4 is 22.6 Å². The maximum atomic E-state index is 13.5. The molecule has 1 aromatic heterocycles. The number of nitrogens with one attached hydrogen (secondary N) is 1. The third-order valence-electron chi connectivity index (χ3n) is 4.82. The molecular formula is C19H24F2N4O. The van der Waals surface area contributed by atoms with Gasteiger partial charge in [-0.05, 0) is 24.5 Å². The molecule has 0 unspecified atom stereocenters. The van der Waals surface area contributed by atoms with Gasteiger partial charge in [0.1, 0.15) is 11.5 Å². The van der Waals surface area contributed by atoms with Gasteiger partial charge in [-0.1, -0.05) is 26.0 Å². The molecule has 5 nitrogen and oxygen atoms in total. The summed E-state index contributed by atoms with van der Waals surface area (Å²) in [6.07, 6.45) is 0.559. The van der Waals surface area contributed by atoms with Crippen LogP contribution < -0.4 is 5.73 Å². The predicted molar refractivity (Wildman–Crippen MR) is 97.9 cm³/mol. The number of fused-ring (bicyclic) bond motifs is 1. The molecular weight excluding hydrogens is 338 g/mol. The van der Waals surface area contributed by atoms with Crippen molar-refractivity contribution in [2.75, 3.05) is 13.1 Å². The minimum atomic E-state index is -2.81. The van der Waals surface area contributed by atoms with Gasteiger partial charge in [0, 0.05) is 36.0 Å². The lowest BCUT2D eigenvalue weighted by atomic mass is 10.1. The summed E-state index contributed by atoms with van der Waals surface area (Å²) in [4.78, 5) is 14.1. The fourth-order valence-corrected chi connectivity index (χ4v) is 3.30. The highest BCUT2D eigenvalue weighted by Gasteiger charge is 2.41. The predicted octanol–water partition coefficient (Wildman–Crippen LogP) is 3.45. The van der Waals surface area contributed by atoms with Crippen LogP contribution in [0.4, 0.5) is 8.78 Å². The van der Waals surface area contributed by atoms with E-state index in [-0.39, 0.29) is 24.7 Å². The maximum Gasteiger partial charge on any atom is 0.270 e. The molecule has 0 radical (unpaired) electrons. The number of benzene rings is 1. The molecule has 0 atom stereocenters. The molecule has 1 aromatic carbocycles. The van der Waals surface area contributed by atoms with E-state index in [1.54, 1.807) is 18.2 Å². The van der Waals surface area contributed by atoms with Crippen molar-refractivity contribution in [1.29, 1.82) is 5.41 Å². The molecule has 1 amide bonds. The number of nitrogen functional groups attached to an aromatic ring is 1. The molecule has 0 saturated carbocycles. The average molecular weight is 362 g/mol. The average Bonchev–Trinajstić information content (AvgIpc) is 3.11. The van der Waals surface area contributed by atoms with Crippen molar-refractivity contribution in [3.05, 3.63) is 35.5 Å². The van der Waals surface area contributed by atoms with Crippen LogP contribution in [0.3, 0.4) is 0 Å². The molecule has 1 aliphatic rings. The van der Waals surface area contributed by atoms with Crippen LogP contribution in [0.25, 0.3) is 10.9 Å². The van der Waals surface area contributed by atoms with E-state index in [9.17, 15) is 13.6 Å². The first-order chi connectivity index (χ1) is 12.2. The summed E-state index contributed by atoms with van der Waals surface area (Å²) in [6, 6.07) is 7.08. The smallest absolute Gasteiger partial charge is 0.270 e. The van der Waals surface area contributed by atoms with Crippen molar-refractivity contribution in [3.8, 4) is 0 Å². The lowest BCUT2D eigenvalue weighted by molar-refractivity contribution is 0.0119. The molecule has 0 aliphatic carbocycles. The summed E-state index contributed by atoms with van der Waals surface area (Å²) >= 11 is 0. The molecule has 1 saturated heterocycles. The number of aromatic nitrogens is 1. The van der Waals surface area contributed by atoms with E-state index >= 15 is 0 Å². The van der Waals surface area contributed by atoms with Gasteiger partial charge in [-0.2, -0.15) is 0 Å². The molecule has 0 bridgehead atoms. The van der Waals surface area contributed by atoms with Crippen LogP contribution in [-0.2, 0) is 6.54 Å². The number of nitrogens with two attached hydrogens (primary N) is 1. The normalized spacial score (nSPS) is 16.6. The molecule has 1 aliphatic heterocycles. The molecule has 26 heavy (non-hydrogen) atoms. The van der Waals surface area contributed by atoms with Crippen molar-refractivity contribution in [3.63, 3.8) is 0 Å². The van der Waals surface area contributed by atoms with E-state index in [1.165, 1.54) is 4.90 Å². The first-order valence-corrected chi connectivity index (χ1v) is 8.83. The topological polar surface area (TPSA) is 75.1 Å². The fraction of sp³-hybridized carbons (Fsp3) is 0.474. The van der Waals surface area contributed by atoms with Gasteiger partial charge in [0.25, 0.3) is 11.8 Å². The minimum Gasteiger partial charge on any atom is -0.384 e. The van der Waals surface area contributed by atoms with Gasteiger partial charge >= 0.3 is 0 Å². The van der Waals surface area contributed by atoms with Crippen molar-refractivity contribution in [1.82, 2.24) is 9.47 Å². The van der Waals surface area contributed by atoms with E-state index in [2.05, 4.69) is 13.8 Å². The standard InChI is InChI=1S/C19H24F2N4O/c1-12(2)5-7-25-15-10-14(17(22)23)4-3-13(15)9-16(25)18(26)24-8-6-19(20,21)11-24/h3-4,9-10,12H,5-8,11H2,1-2H3,(H3,22,23). The first kappa shape index (κ1) is 18.4. The second-order valence-electron chi connectivity index (χ2n) is 7.38. The number of amidine groups is 1. The van der Waals surface area contributed by atoms with Crippen LogP contribution in [0, 0.1) is 11.3 Å². The molecule has 140 valence electrons. The van der Waals surface area contributed by atoms with E-state index < -0.39 is 12.5 Å². The Morgan fingerprint density at radius 1 is 1.35 bits per heavy atom. The van der Waals surface area contributed by atoms with E-state index in [0.717, 1.165) is 17.3 Å². The Balaban J connectivity index is 2.04. The van der Waals surface area contributed by atoms with Gasteiger partial charge < -0.3 is 15.2 Å². The molecule has 3 N–H and O–H groups in total. The Kier molecular flexibility index (Phi) is 4.73. The Bertz CT molecular complexity index is 857. The van der Waals surface area contributed by atoms with Gasteiger partial charge in [-0.3, -0.25) is 10.2 Å². The largest absolute Gasteiger partial charge is 0.384 e. The number of rotatable bonds is 5. The molecule has 1 fully saturated rings. The van der Waals surface area contributed by atoms with Gasteiger partial charge in [0.2, 0.25) is 0 Å². The fourth-order valence-electron chi connectivity index (χ4n) is 3.30. The van der Waals surface area contributed by atoms with Crippen molar-refractivity contribution < 1.29 is 13.6 Å². The van der Waals surface area contributed by atoms with Crippen molar-refractivity contribution in [2.24, 2.45) is 11.7 Å². The number of aryl methyl sites for hydroxylation is 1. The number of amides is 1. The van der Waals surface area contributed by atoms with Crippen LogP contribution in [0.2, 0.25) is 0 Å².